The summed E-state index contributed by atoms with van der Waals surface area (Å²) in [6, 6.07) is 12.4. The number of nitrogen functional groups attached to an aromatic ring is 1. The molecule has 4 N–H and O–H groups in total. The van der Waals surface area contributed by atoms with Gasteiger partial charge in [0.15, 0.2) is 5.76 Å². The minimum Gasteiger partial charge on any atom is -0.486 e. The van der Waals surface area contributed by atoms with Gasteiger partial charge in [0.05, 0.1) is 6.42 Å². The average Bonchev–Trinajstić information content (AvgIpc) is 3.40. The summed E-state index contributed by atoms with van der Waals surface area (Å²) in [5.74, 6) is 0.650. The summed E-state index contributed by atoms with van der Waals surface area (Å²) in [6.45, 7) is 3.73. The summed E-state index contributed by atoms with van der Waals surface area (Å²) in [7, 11) is 0. The number of nitrogens with zero attached hydrogens (tertiary/aromatic N) is 4. The van der Waals surface area contributed by atoms with Crippen LogP contribution >= 0.6 is 0 Å². The van der Waals surface area contributed by atoms with Crippen LogP contribution in [0.5, 0.6) is 5.75 Å². The van der Waals surface area contributed by atoms with E-state index in [1.165, 1.54) is 10.6 Å². The van der Waals surface area contributed by atoms with Crippen molar-refractivity contribution in [1.29, 1.82) is 0 Å². The fourth-order valence-electron chi connectivity index (χ4n) is 3.12. The molecule has 0 radical (unpaired) electrons. The Hall–Kier alpha value is -4.41. The number of carbonyl (C=O) groups is 2. The van der Waals surface area contributed by atoms with E-state index in [-0.39, 0.29) is 24.7 Å². The summed E-state index contributed by atoms with van der Waals surface area (Å²) in [5.41, 5.74) is 12.3. The largest absolute Gasteiger partial charge is 0.486 e. The Bertz CT molecular complexity index is 1280. The van der Waals surface area contributed by atoms with Gasteiger partial charge in [-0.1, -0.05) is 18.2 Å². The van der Waals surface area contributed by atoms with E-state index in [1.807, 2.05) is 30.3 Å². The molecule has 11 nitrogen and oxygen atoms in total. The van der Waals surface area contributed by atoms with E-state index < -0.39 is 11.8 Å². The van der Waals surface area contributed by atoms with Crippen LogP contribution in [0.1, 0.15) is 33.3 Å². The first kappa shape index (κ1) is 20.8. The lowest BCUT2D eigenvalue weighted by atomic mass is 10.1. The van der Waals surface area contributed by atoms with Crippen molar-refractivity contribution < 1.29 is 18.7 Å². The number of hydrogen-bond donors (Lipinski definition) is 3. The van der Waals surface area contributed by atoms with Crippen molar-refractivity contribution in [3.63, 3.8) is 0 Å². The maximum atomic E-state index is 12.4. The Morgan fingerprint density at radius 1 is 1.09 bits per heavy atom. The zero-order valence-electron chi connectivity index (χ0n) is 17.5. The number of amides is 2. The number of rotatable bonds is 6. The molecule has 0 saturated carbocycles. The monoisotopic (exact) mass is 435 g/mol. The van der Waals surface area contributed by atoms with Crippen molar-refractivity contribution in [3.05, 3.63) is 70.9 Å². The summed E-state index contributed by atoms with van der Waals surface area (Å²) < 4.78 is 12.5. The van der Waals surface area contributed by atoms with Crippen LogP contribution in [-0.4, -0.2) is 31.4 Å². The Labute approximate surface area is 182 Å². The van der Waals surface area contributed by atoms with Crippen LogP contribution in [0.4, 0.5) is 5.95 Å². The van der Waals surface area contributed by atoms with E-state index >= 15 is 0 Å². The minimum atomic E-state index is -0.588. The van der Waals surface area contributed by atoms with E-state index in [9.17, 15) is 9.59 Å². The van der Waals surface area contributed by atoms with Gasteiger partial charge in [0, 0.05) is 17.0 Å². The highest BCUT2D eigenvalue weighted by Gasteiger charge is 2.17. The molecule has 0 aliphatic rings. The van der Waals surface area contributed by atoms with Crippen LogP contribution in [-0.2, 0) is 17.8 Å². The van der Waals surface area contributed by atoms with Gasteiger partial charge >= 0.3 is 5.91 Å². The zero-order valence-corrected chi connectivity index (χ0v) is 17.5. The van der Waals surface area contributed by atoms with Gasteiger partial charge in [-0.25, -0.2) is 4.98 Å². The number of furan rings is 1. The van der Waals surface area contributed by atoms with Gasteiger partial charge in [-0.2, -0.15) is 9.50 Å². The molecule has 0 unspecified atom stereocenters. The number of nitrogens with two attached hydrogens (primary N) is 1. The van der Waals surface area contributed by atoms with Crippen LogP contribution in [0.2, 0.25) is 0 Å². The van der Waals surface area contributed by atoms with Crippen molar-refractivity contribution in [1.82, 2.24) is 30.4 Å². The number of fused-ring (bicyclic) bond motifs is 1. The molecule has 0 aliphatic carbocycles. The molecule has 3 aromatic heterocycles. The quantitative estimate of drug-likeness (QED) is 0.386. The first-order valence-corrected chi connectivity index (χ1v) is 9.75. The fraction of sp³-hybridized carbons (Fsp3) is 0.190. The number of carbonyl (C=O) groups excluding carboxylic acids is 2. The Morgan fingerprint density at radius 3 is 2.66 bits per heavy atom. The molecule has 0 fully saturated rings. The second-order valence-corrected chi connectivity index (χ2v) is 6.99. The molecule has 4 aromatic rings. The highest BCUT2D eigenvalue weighted by atomic mass is 16.5. The smallest absolute Gasteiger partial charge is 0.305 e. The number of anilines is 1. The summed E-state index contributed by atoms with van der Waals surface area (Å²) in [6.07, 6.45) is -0.0189. The highest BCUT2D eigenvalue weighted by molar-refractivity contribution is 5.93. The lowest BCUT2D eigenvalue weighted by Gasteiger charge is -2.11. The van der Waals surface area contributed by atoms with Gasteiger partial charge in [0.25, 0.3) is 5.78 Å². The Balaban J connectivity index is 1.33. The minimum absolute atomic E-state index is 0.0189. The Kier molecular flexibility index (Phi) is 5.71. The third kappa shape index (κ3) is 4.51. The van der Waals surface area contributed by atoms with Crippen LogP contribution in [0.25, 0.3) is 5.78 Å². The van der Waals surface area contributed by atoms with E-state index in [2.05, 4.69) is 25.9 Å². The zero-order chi connectivity index (χ0) is 22.7. The van der Waals surface area contributed by atoms with Gasteiger partial charge in [-0.3, -0.25) is 20.4 Å². The van der Waals surface area contributed by atoms with Gasteiger partial charge in [-0.05, 0) is 38.1 Å². The molecule has 4 rings (SSSR count). The lowest BCUT2D eigenvalue weighted by Crippen LogP contribution is -2.42. The SMILES string of the molecule is Cc1nc2nc(N)nn2c(C)c1CC(=O)NNC(=O)c1ccc(COc2ccccc2)o1. The van der Waals surface area contributed by atoms with Crippen LogP contribution in [0.15, 0.2) is 46.9 Å². The first-order chi connectivity index (χ1) is 15.4. The third-order valence-corrected chi connectivity index (χ3v) is 4.73. The number of ether oxygens (including phenoxy) is 1. The maximum Gasteiger partial charge on any atom is 0.305 e. The van der Waals surface area contributed by atoms with E-state index in [1.54, 1.807) is 19.9 Å². The molecular formula is C21H21N7O4. The number of aromatic nitrogens is 4. The Morgan fingerprint density at radius 2 is 1.88 bits per heavy atom. The first-order valence-electron chi connectivity index (χ1n) is 9.75. The van der Waals surface area contributed by atoms with Crippen LogP contribution < -0.4 is 21.3 Å². The highest BCUT2D eigenvalue weighted by Crippen LogP contribution is 2.15. The summed E-state index contributed by atoms with van der Waals surface area (Å²) in [5, 5.41) is 4.07. The topological polar surface area (TPSA) is 150 Å². The van der Waals surface area contributed by atoms with Crippen molar-refractivity contribution in [3.8, 4) is 5.75 Å². The molecule has 164 valence electrons. The molecule has 0 saturated heterocycles. The van der Waals surface area contributed by atoms with Crippen LogP contribution in [0, 0.1) is 13.8 Å². The number of hydrazine groups is 1. The fourth-order valence-corrected chi connectivity index (χ4v) is 3.12. The van der Waals surface area contributed by atoms with Crippen molar-refractivity contribution in [2.24, 2.45) is 0 Å². The molecular weight excluding hydrogens is 414 g/mol. The van der Waals surface area contributed by atoms with Gasteiger partial charge < -0.3 is 14.9 Å². The summed E-state index contributed by atoms with van der Waals surface area (Å²) in [4.78, 5) is 33.0. The molecule has 0 spiro atoms. The van der Waals surface area contributed by atoms with Gasteiger partial charge in [0.1, 0.15) is 18.1 Å². The third-order valence-electron chi connectivity index (χ3n) is 4.73. The molecule has 1 aromatic carbocycles. The maximum absolute atomic E-state index is 12.4. The standard InChI is InChI=1S/C21H21N7O4/c1-12-16(13(2)28-21(23-12)24-20(22)27-28)10-18(29)25-26-19(30)17-9-8-15(32-17)11-31-14-6-4-3-5-7-14/h3-9H,10-11H2,1-2H3,(H2,22,27)(H,25,29)(H,26,30). The number of para-hydroxylation sites is 1. The molecule has 3 heterocycles. The van der Waals surface area contributed by atoms with Crippen molar-refractivity contribution >= 4 is 23.5 Å². The van der Waals surface area contributed by atoms with Crippen molar-refractivity contribution in [2.75, 3.05) is 5.73 Å². The second kappa shape index (κ2) is 8.76. The van der Waals surface area contributed by atoms with E-state index in [0.717, 1.165) is 0 Å². The normalized spacial score (nSPS) is 10.8. The average molecular weight is 435 g/mol. The summed E-state index contributed by atoms with van der Waals surface area (Å²) >= 11 is 0. The molecule has 0 aliphatic heterocycles. The van der Waals surface area contributed by atoms with E-state index in [0.29, 0.717) is 34.2 Å². The molecule has 32 heavy (non-hydrogen) atoms. The predicted octanol–water partition coefficient (Wildman–Crippen LogP) is 1.50. The molecule has 2 amide bonds. The van der Waals surface area contributed by atoms with Crippen molar-refractivity contribution in [2.45, 2.75) is 26.9 Å². The number of nitrogens with one attached hydrogen (secondary N) is 2. The molecule has 0 atom stereocenters. The molecule has 0 bridgehead atoms. The second-order valence-electron chi connectivity index (χ2n) is 6.99. The van der Waals surface area contributed by atoms with Gasteiger partial charge in [0.2, 0.25) is 11.9 Å². The number of aryl methyl sites for hydroxylation is 2. The number of hydrogen-bond acceptors (Lipinski definition) is 8. The van der Waals surface area contributed by atoms with E-state index in [4.69, 9.17) is 14.9 Å². The van der Waals surface area contributed by atoms with Gasteiger partial charge in [-0.15, -0.1) is 5.10 Å². The number of benzene rings is 1. The molecule has 11 heteroatoms. The lowest BCUT2D eigenvalue weighted by molar-refractivity contribution is -0.121. The predicted molar refractivity (Wildman–Crippen MR) is 113 cm³/mol. The van der Waals surface area contributed by atoms with Crippen LogP contribution in [0.3, 0.4) is 0 Å².